The highest BCUT2D eigenvalue weighted by Crippen LogP contribution is 2.24. The van der Waals surface area contributed by atoms with Crippen molar-refractivity contribution >= 4 is 23.7 Å². The molecule has 0 spiro atoms. The first kappa shape index (κ1) is 21.3. The Kier molecular flexibility index (Phi) is 7.03. The van der Waals surface area contributed by atoms with Crippen molar-refractivity contribution in [1.29, 1.82) is 5.26 Å². The normalized spacial score (nSPS) is 10.6. The zero-order valence-corrected chi connectivity index (χ0v) is 17.2. The monoisotopic (exact) mass is 425 g/mol. The molecule has 1 amide bonds. The van der Waals surface area contributed by atoms with Gasteiger partial charge in [0.15, 0.2) is 0 Å². The van der Waals surface area contributed by atoms with Crippen LogP contribution in [-0.4, -0.2) is 26.8 Å². The fourth-order valence-corrected chi connectivity index (χ4v) is 3.88. The molecule has 0 atom stereocenters. The van der Waals surface area contributed by atoms with Crippen LogP contribution < -0.4 is 5.73 Å². The summed E-state index contributed by atoms with van der Waals surface area (Å²) in [7, 11) is 0. The standard InChI is InChI=1S/C21H20FN5O2S/c1-2-15-5-3-4-6-18(15)30-13-20(28)27(12-19-25-26-21(24)29-19)11-16-8-7-14(10-23)9-17(16)22/h3-9H,2,11-13H2,1H3,(H2,24,26). The molecule has 0 saturated heterocycles. The lowest BCUT2D eigenvalue weighted by atomic mass is 10.1. The molecule has 0 radical (unpaired) electrons. The molecule has 0 aliphatic rings. The molecule has 2 aromatic carbocycles. The molecule has 0 bridgehead atoms. The van der Waals surface area contributed by atoms with Crippen LogP contribution in [0.4, 0.5) is 10.4 Å². The molecule has 0 unspecified atom stereocenters. The van der Waals surface area contributed by atoms with Crippen molar-refractivity contribution in [3.05, 3.63) is 70.9 Å². The van der Waals surface area contributed by atoms with Gasteiger partial charge in [0.2, 0.25) is 11.8 Å². The molecular weight excluding hydrogens is 405 g/mol. The molecule has 0 aliphatic carbocycles. The molecular formula is C21H20FN5O2S. The van der Waals surface area contributed by atoms with Crippen molar-refractivity contribution < 1.29 is 13.6 Å². The maximum atomic E-state index is 14.4. The number of hydrogen-bond acceptors (Lipinski definition) is 7. The van der Waals surface area contributed by atoms with Crippen molar-refractivity contribution in [3.8, 4) is 6.07 Å². The van der Waals surface area contributed by atoms with Crippen molar-refractivity contribution in [2.45, 2.75) is 31.3 Å². The van der Waals surface area contributed by atoms with E-state index in [4.69, 9.17) is 15.4 Å². The minimum Gasteiger partial charge on any atom is -0.406 e. The van der Waals surface area contributed by atoms with Crippen LogP contribution in [0, 0.1) is 17.1 Å². The fourth-order valence-electron chi connectivity index (χ4n) is 2.84. The highest BCUT2D eigenvalue weighted by Gasteiger charge is 2.20. The van der Waals surface area contributed by atoms with Gasteiger partial charge in [-0.05, 0) is 30.2 Å². The van der Waals surface area contributed by atoms with Gasteiger partial charge in [0.25, 0.3) is 0 Å². The van der Waals surface area contributed by atoms with Crippen LogP contribution in [-0.2, 0) is 24.3 Å². The number of rotatable bonds is 8. The third kappa shape index (κ3) is 5.36. The second-order valence-corrected chi connectivity index (χ2v) is 7.47. The SMILES string of the molecule is CCc1ccccc1SCC(=O)N(Cc1nnc(N)o1)Cc1ccc(C#N)cc1F. The first-order valence-corrected chi connectivity index (χ1v) is 10.2. The van der Waals surface area contributed by atoms with Gasteiger partial charge in [-0.2, -0.15) is 5.26 Å². The molecule has 30 heavy (non-hydrogen) atoms. The Labute approximate surface area is 177 Å². The number of nitriles is 1. The summed E-state index contributed by atoms with van der Waals surface area (Å²) < 4.78 is 19.6. The lowest BCUT2D eigenvalue weighted by molar-refractivity contribution is -0.129. The summed E-state index contributed by atoms with van der Waals surface area (Å²) in [5.74, 6) is -0.445. The second-order valence-electron chi connectivity index (χ2n) is 6.45. The Morgan fingerprint density at radius 2 is 2.03 bits per heavy atom. The molecule has 1 heterocycles. The molecule has 0 fully saturated rings. The largest absolute Gasteiger partial charge is 0.406 e. The van der Waals surface area contributed by atoms with E-state index in [9.17, 15) is 9.18 Å². The summed E-state index contributed by atoms with van der Waals surface area (Å²) in [5, 5.41) is 16.3. The summed E-state index contributed by atoms with van der Waals surface area (Å²) in [6.45, 7) is 2.05. The summed E-state index contributed by atoms with van der Waals surface area (Å²) in [4.78, 5) is 15.4. The van der Waals surface area contributed by atoms with Crippen LogP contribution in [0.5, 0.6) is 0 Å². The van der Waals surface area contributed by atoms with E-state index < -0.39 is 5.82 Å². The lowest BCUT2D eigenvalue weighted by Crippen LogP contribution is -2.32. The predicted octanol–water partition coefficient (Wildman–Crippen LogP) is 3.55. The molecule has 9 heteroatoms. The Bertz CT molecular complexity index is 1080. The maximum Gasteiger partial charge on any atom is 0.312 e. The number of carbonyl (C=O) groups excluding carboxylic acids is 1. The van der Waals surface area contributed by atoms with E-state index in [1.165, 1.54) is 28.8 Å². The van der Waals surface area contributed by atoms with Gasteiger partial charge < -0.3 is 15.1 Å². The van der Waals surface area contributed by atoms with Crippen LogP contribution >= 0.6 is 11.8 Å². The van der Waals surface area contributed by atoms with Gasteiger partial charge in [-0.15, -0.1) is 16.9 Å². The van der Waals surface area contributed by atoms with Crippen LogP contribution in [0.1, 0.15) is 29.5 Å². The third-order valence-corrected chi connectivity index (χ3v) is 5.51. The number of halogens is 1. The maximum absolute atomic E-state index is 14.4. The second kappa shape index (κ2) is 9.89. The molecule has 7 nitrogen and oxygen atoms in total. The predicted molar refractivity (Wildman–Crippen MR) is 111 cm³/mol. The summed E-state index contributed by atoms with van der Waals surface area (Å²) >= 11 is 1.43. The van der Waals surface area contributed by atoms with Crippen molar-refractivity contribution in [2.75, 3.05) is 11.5 Å². The molecule has 1 aromatic heterocycles. The molecule has 2 N–H and O–H groups in total. The number of aromatic nitrogens is 2. The number of hydrogen-bond donors (Lipinski definition) is 1. The summed E-state index contributed by atoms with van der Waals surface area (Å²) in [5.41, 5.74) is 7.12. The quantitative estimate of drug-likeness (QED) is 0.550. The number of amides is 1. The highest BCUT2D eigenvalue weighted by atomic mass is 32.2. The zero-order valence-electron chi connectivity index (χ0n) is 16.3. The van der Waals surface area contributed by atoms with E-state index in [1.54, 1.807) is 0 Å². The minimum atomic E-state index is -0.555. The van der Waals surface area contributed by atoms with E-state index in [2.05, 4.69) is 17.1 Å². The highest BCUT2D eigenvalue weighted by molar-refractivity contribution is 8.00. The van der Waals surface area contributed by atoms with Crippen LogP contribution in [0.2, 0.25) is 0 Å². The Morgan fingerprint density at radius 1 is 1.23 bits per heavy atom. The first-order valence-electron chi connectivity index (χ1n) is 9.25. The van der Waals surface area contributed by atoms with Crippen LogP contribution in [0.15, 0.2) is 51.8 Å². The minimum absolute atomic E-state index is 0.00153. The molecule has 3 rings (SSSR count). The average molecular weight is 425 g/mol. The Morgan fingerprint density at radius 3 is 2.70 bits per heavy atom. The van der Waals surface area contributed by atoms with Gasteiger partial charge in [0.1, 0.15) is 5.82 Å². The van der Waals surface area contributed by atoms with E-state index in [0.29, 0.717) is 0 Å². The molecule has 0 aliphatic heterocycles. The molecule has 0 saturated carbocycles. The summed E-state index contributed by atoms with van der Waals surface area (Å²) in [6, 6.07) is 13.8. The number of carbonyl (C=O) groups is 1. The third-order valence-electron chi connectivity index (χ3n) is 4.41. The smallest absolute Gasteiger partial charge is 0.312 e. The van der Waals surface area contributed by atoms with Gasteiger partial charge in [0.05, 0.1) is 23.9 Å². The number of anilines is 1. The number of nitrogens with zero attached hydrogens (tertiary/aromatic N) is 4. The van der Waals surface area contributed by atoms with E-state index >= 15 is 0 Å². The number of nitrogens with two attached hydrogens (primary N) is 1. The van der Waals surface area contributed by atoms with E-state index in [0.717, 1.165) is 22.9 Å². The zero-order chi connectivity index (χ0) is 21.5. The van der Waals surface area contributed by atoms with E-state index in [-0.39, 0.29) is 47.8 Å². The number of nitrogen functional groups attached to an aromatic ring is 1. The Balaban J connectivity index is 1.78. The fraction of sp³-hybridized carbons (Fsp3) is 0.238. The molecule has 154 valence electrons. The van der Waals surface area contributed by atoms with Crippen LogP contribution in [0.25, 0.3) is 0 Å². The van der Waals surface area contributed by atoms with Crippen molar-refractivity contribution in [3.63, 3.8) is 0 Å². The Hall–Kier alpha value is -3.38. The number of thioether (sulfide) groups is 1. The first-order chi connectivity index (χ1) is 14.5. The molecule has 3 aromatic rings. The van der Waals surface area contributed by atoms with E-state index in [1.807, 2.05) is 30.3 Å². The van der Waals surface area contributed by atoms with Gasteiger partial charge in [-0.1, -0.05) is 36.3 Å². The van der Waals surface area contributed by atoms with Crippen molar-refractivity contribution in [2.24, 2.45) is 0 Å². The van der Waals surface area contributed by atoms with Gasteiger partial charge >= 0.3 is 6.01 Å². The topological polar surface area (TPSA) is 109 Å². The van der Waals surface area contributed by atoms with Crippen molar-refractivity contribution in [1.82, 2.24) is 15.1 Å². The average Bonchev–Trinajstić information content (AvgIpc) is 3.17. The number of benzene rings is 2. The van der Waals surface area contributed by atoms with Gasteiger partial charge in [-0.25, -0.2) is 4.39 Å². The summed E-state index contributed by atoms with van der Waals surface area (Å²) in [6.07, 6.45) is 0.860. The lowest BCUT2D eigenvalue weighted by Gasteiger charge is -2.21. The van der Waals surface area contributed by atoms with Gasteiger partial charge in [0, 0.05) is 17.0 Å². The number of aryl methyl sites for hydroxylation is 1. The van der Waals surface area contributed by atoms with Gasteiger partial charge in [-0.3, -0.25) is 4.79 Å². The van der Waals surface area contributed by atoms with Crippen LogP contribution in [0.3, 0.4) is 0 Å².